The lowest BCUT2D eigenvalue weighted by atomic mass is 9.83. The summed E-state index contributed by atoms with van der Waals surface area (Å²) in [5.41, 5.74) is 1.03. The topological polar surface area (TPSA) is 27.7 Å². The van der Waals surface area contributed by atoms with Crippen molar-refractivity contribution in [3.63, 3.8) is 0 Å². The molecular weight excluding hydrogens is 355 g/mol. The minimum atomic E-state index is -0.960. The van der Waals surface area contributed by atoms with Crippen molar-refractivity contribution in [2.45, 2.75) is 32.2 Å². The molecule has 3 fully saturated rings. The van der Waals surface area contributed by atoms with Crippen molar-refractivity contribution >= 4 is 22.6 Å². The normalized spacial score (nSPS) is 33.6. The van der Waals surface area contributed by atoms with Crippen molar-refractivity contribution in [2.24, 2.45) is 5.41 Å². The van der Waals surface area contributed by atoms with Gasteiger partial charge >= 0.3 is 5.97 Å². The number of rotatable bonds is 4. The van der Waals surface area contributed by atoms with Crippen LogP contribution >= 0.6 is 22.6 Å². The van der Waals surface area contributed by atoms with E-state index in [1.54, 1.807) is 0 Å². The SMILES string of the molecule is CCCCC12COC(c3ccc(I)cc3)(OC1)OC2. The van der Waals surface area contributed by atoms with Gasteiger partial charge in [0, 0.05) is 14.5 Å². The molecule has 0 radical (unpaired) electrons. The molecule has 3 saturated heterocycles. The van der Waals surface area contributed by atoms with Crippen molar-refractivity contribution < 1.29 is 14.2 Å². The lowest BCUT2D eigenvalue weighted by Gasteiger charge is -2.52. The number of fused-ring (bicyclic) bond motifs is 3. The van der Waals surface area contributed by atoms with Gasteiger partial charge < -0.3 is 14.2 Å². The zero-order valence-corrected chi connectivity index (χ0v) is 13.3. The Kier molecular flexibility index (Phi) is 3.86. The Morgan fingerprint density at radius 2 is 1.63 bits per heavy atom. The van der Waals surface area contributed by atoms with Crippen LogP contribution in [0.25, 0.3) is 0 Å². The van der Waals surface area contributed by atoms with Crippen LogP contribution < -0.4 is 0 Å². The molecule has 0 N–H and O–H groups in total. The van der Waals surface area contributed by atoms with E-state index in [4.69, 9.17) is 14.2 Å². The smallest absolute Gasteiger partial charge is 0.312 e. The third-order valence-corrected chi connectivity index (χ3v) is 4.68. The Bertz CT molecular complexity index is 419. The maximum absolute atomic E-state index is 5.94. The third-order valence-electron chi connectivity index (χ3n) is 3.96. The molecule has 3 aliphatic rings. The van der Waals surface area contributed by atoms with Crippen LogP contribution in [0.3, 0.4) is 0 Å². The van der Waals surface area contributed by atoms with Crippen LogP contribution in [0.5, 0.6) is 0 Å². The number of hydrogen-bond donors (Lipinski definition) is 0. The first-order valence-corrected chi connectivity index (χ1v) is 7.94. The summed E-state index contributed by atoms with van der Waals surface area (Å²) in [7, 11) is 0. The highest BCUT2D eigenvalue weighted by Gasteiger charge is 2.53. The van der Waals surface area contributed by atoms with E-state index in [2.05, 4.69) is 29.5 Å². The molecule has 0 amide bonds. The Labute approximate surface area is 127 Å². The van der Waals surface area contributed by atoms with Crippen molar-refractivity contribution in [3.8, 4) is 0 Å². The fraction of sp³-hybridized carbons (Fsp3) is 0.600. The summed E-state index contributed by atoms with van der Waals surface area (Å²) in [6, 6.07) is 8.14. The molecule has 0 aliphatic carbocycles. The Morgan fingerprint density at radius 1 is 1.05 bits per heavy atom. The van der Waals surface area contributed by atoms with Gasteiger partial charge in [0.15, 0.2) is 0 Å². The standard InChI is InChI=1S/C15H19IO3/c1-2-3-8-14-9-17-15(18-10-14,19-11-14)12-4-6-13(16)7-5-12/h4-7H,2-3,8-11H2,1H3. The van der Waals surface area contributed by atoms with Gasteiger partial charge in [0.05, 0.1) is 19.8 Å². The number of benzene rings is 1. The molecule has 1 aromatic rings. The van der Waals surface area contributed by atoms with Crippen molar-refractivity contribution in [1.29, 1.82) is 0 Å². The molecule has 104 valence electrons. The van der Waals surface area contributed by atoms with Gasteiger partial charge in [-0.3, -0.25) is 0 Å². The first-order chi connectivity index (χ1) is 9.18. The summed E-state index contributed by atoms with van der Waals surface area (Å²) in [5, 5.41) is 0. The summed E-state index contributed by atoms with van der Waals surface area (Å²) < 4.78 is 19.0. The van der Waals surface area contributed by atoms with E-state index in [1.807, 2.05) is 24.3 Å². The summed E-state index contributed by atoms with van der Waals surface area (Å²) in [6.45, 7) is 4.41. The Balaban J connectivity index is 1.75. The molecule has 4 rings (SSSR count). The maximum atomic E-state index is 5.94. The molecule has 2 bridgehead atoms. The second kappa shape index (κ2) is 5.31. The molecule has 0 unspecified atom stereocenters. The van der Waals surface area contributed by atoms with Gasteiger partial charge in [-0.25, -0.2) is 0 Å². The number of unbranched alkanes of at least 4 members (excludes halogenated alkanes) is 1. The molecule has 0 spiro atoms. The van der Waals surface area contributed by atoms with E-state index in [0.717, 1.165) is 31.8 Å². The molecule has 19 heavy (non-hydrogen) atoms. The minimum absolute atomic E-state index is 0.0704. The van der Waals surface area contributed by atoms with E-state index in [0.29, 0.717) is 0 Å². The molecule has 1 aromatic carbocycles. The van der Waals surface area contributed by atoms with Crippen LogP contribution in [0, 0.1) is 8.99 Å². The van der Waals surface area contributed by atoms with Crippen LogP contribution in [0.2, 0.25) is 0 Å². The predicted molar refractivity (Wildman–Crippen MR) is 80.7 cm³/mol. The second-order valence-electron chi connectivity index (χ2n) is 5.53. The first kappa shape index (κ1) is 13.8. The van der Waals surface area contributed by atoms with Crippen LogP contribution in [0.4, 0.5) is 0 Å². The zero-order chi connectivity index (χ0) is 13.3. The van der Waals surface area contributed by atoms with Crippen LogP contribution in [0.15, 0.2) is 24.3 Å². The van der Waals surface area contributed by atoms with Crippen molar-refractivity contribution in [2.75, 3.05) is 19.8 Å². The monoisotopic (exact) mass is 374 g/mol. The van der Waals surface area contributed by atoms with Gasteiger partial charge in [-0.2, -0.15) is 0 Å². The highest BCUT2D eigenvalue weighted by Crippen LogP contribution is 2.46. The summed E-state index contributed by atoms with van der Waals surface area (Å²) in [6.07, 6.45) is 3.52. The largest absolute Gasteiger partial charge is 0.323 e. The molecule has 0 aromatic heterocycles. The Morgan fingerprint density at radius 3 is 2.16 bits per heavy atom. The van der Waals surface area contributed by atoms with Crippen LogP contribution in [0.1, 0.15) is 31.7 Å². The molecule has 3 heterocycles. The number of hydrogen-bond acceptors (Lipinski definition) is 3. The lowest BCUT2D eigenvalue weighted by molar-refractivity contribution is -0.480. The van der Waals surface area contributed by atoms with Crippen LogP contribution in [-0.2, 0) is 20.2 Å². The molecule has 0 atom stereocenters. The molecular formula is C15H19IO3. The molecule has 4 heteroatoms. The second-order valence-corrected chi connectivity index (χ2v) is 6.78. The van der Waals surface area contributed by atoms with E-state index >= 15 is 0 Å². The fourth-order valence-corrected chi connectivity index (χ4v) is 3.03. The highest BCUT2D eigenvalue weighted by molar-refractivity contribution is 14.1. The maximum Gasteiger partial charge on any atom is 0.312 e. The van der Waals surface area contributed by atoms with Gasteiger partial charge in [0.25, 0.3) is 0 Å². The van der Waals surface area contributed by atoms with Gasteiger partial charge in [0.1, 0.15) is 0 Å². The summed E-state index contributed by atoms with van der Waals surface area (Å²) in [4.78, 5) is 0. The average Bonchev–Trinajstić information content (AvgIpc) is 2.48. The quantitative estimate of drug-likeness (QED) is 0.753. The molecule has 3 nitrogen and oxygen atoms in total. The molecule has 3 aliphatic heterocycles. The third kappa shape index (κ3) is 2.55. The number of ether oxygens (including phenoxy) is 3. The first-order valence-electron chi connectivity index (χ1n) is 6.86. The fourth-order valence-electron chi connectivity index (χ4n) is 2.67. The predicted octanol–water partition coefficient (Wildman–Crippen LogP) is 3.66. The zero-order valence-electron chi connectivity index (χ0n) is 11.2. The summed E-state index contributed by atoms with van der Waals surface area (Å²) >= 11 is 2.29. The minimum Gasteiger partial charge on any atom is -0.323 e. The van der Waals surface area contributed by atoms with E-state index < -0.39 is 5.97 Å². The van der Waals surface area contributed by atoms with Crippen LogP contribution in [-0.4, -0.2) is 19.8 Å². The van der Waals surface area contributed by atoms with Gasteiger partial charge in [-0.05, 0) is 53.3 Å². The van der Waals surface area contributed by atoms with Crippen molar-refractivity contribution in [1.82, 2.24) is 0 Å². The Hall–Kier alpha value is -0.170. The van der Waals surface area contributed by atoms with Gasteiger partial charge in [-0.15, -0.1) is 0 Å². The van der Waals surface area contributed by atoms with E-state index in [-0.39, 0.29) is 5.41 Å². The van der Waals surface area contributed by atoms with E-state index in [9.17, 15) is 0 Å². The lowest BCUT2D eigenvalue weighted by Crippen LogP contribution is -2.58. The van der Waals surface area contributed by atoms with Crippen molar-refractivity contribution in [3.05, 3.63) is 33.4 Å². The summed E-state index contributed by atoms with van der Waals surface area (Å²) in [5.74, 6) is -0.960. The highest BCUT2D eigenvalue weighted by atomic mass is 127. The average molecular weight is 374 g/mol. The van der Waals surface area contributed by atoms with Gasteiger partial charge in [0.2, 0.25) is 0 Å². The van der Waals surface area contributed by atoms with Gasteiger partial charge in [-0.1, -0.05) is 19.8 Å². The van der Waals surface area contributed by atoms with E-state index in [1.165, 1.54) is 16.4 Å². The number of halogens is 1. The molecule has 0 saturated carbocycles.